The van der Waals surface area contributed by atoms with E-state index >= 15 is 0 Å². The quantitative estimate of drug-likeness (QED) is 0.840. The molecular formula is C15H13Br2NO. The number of halogens is 2. The van der Waals surface area contributed by atoms with E-state index in [9.17, 15) is 0 Å². The summed E-state index contributed by atoms with van der Waals surface area (Å²) in [4.78, 5) is 0. The van der Waals surface area contributed by atoms with Crippen LogP contribution in [0.4, 0.5) is 0 Å². The van der Waals surface area contributed by atoms with Gasteiger partial charge in [0.1, 0.15) is 0 Å². The third-order valence-electron chi connectivity index (χ3n) is 3.40. The third kappa shape index (κ3) is 2.63. The molecule has 98 valence electrons. The van der Waals surface area contributed by atoms with Crippen LogP contribution >= 0.6 is 31.9 Å². The molecule has 1 aliphatic heterocycles. The van der Waals surface area contributed by atoms with Crippen LogP contribution in [0, 0.1) is 0 Å². The van der Waals surface area contributed by atoms with E-state index in [1.54, 1.807) is 0 Å². The molecule has 0 saturated carbocycles. The number of hydrogen-bond acceptors (Lipinski definition) is 2. The minimum absolute atomic E-state index is 0.141. The smallest absolute Gasteiger partial charge is 0.0725 e. The summed E-state index contributed by atoms with van der Waals surface area (Å²) in [5, 5.41) is 0. The summed E-state index contributed by atoms with van der Waals surface area (Å²) in [5.41, 5.74) is 11.1. The standard InChI is InChI=1S/C15H13Br2NO/c16-12-3-4-14(17)13(6-12)15(18)9-1-2-10-7-19-8-11(10)5-9/h1-6,15H,7-8,18H2. The molecule has 2 N–H and O–H groups in total. The van der Waals surface area contributed by atoms with Gasteiger partial charge in [-0.05, 0) is 40.5 Å². The Labute approximate surface area is 129 Å². The van der Waals surface area contributed by atoms with Gasteiger partial charge in [-0.2, -0.15) is 0 Å². The summed E-state index contributed by atoms with van der Waals surface area (Å²) in [5.74, 6) is 0. The van der Waals surface area contributed by atoms with Crippen LogP contribution in [0.15, 0.2) is 45.3 Å². The van der Waals surface area contributed by atoms with Crippen LogP contribution in [-0.4, -0.2) is 0 Å². The molecule has 2 nitrogen and oxygen atoms in total. The average molecular weight is 383 g/mol. The van der Waals surface area contributed by atoms with Crippen molar-refractivity contribution in [3.63, 3.8) is 0 Å². The molecule has 0 bridgehead atoms. The number of benzene rings is 2. The second kappa shape index (κ2) is 5.37. The van der Waals surface area contributed by atoms with E-state index in [0.29, 0.717) is 13.2 Å². The minimum atomic E-state index is -0.141. The minimum Gasteiger partial charge on any atom is -0.372 e. The van der Waals surface area contributed by atoms with Crippen LogP contribution in [0.3, 0.4) is 0 Å². The van der Waals surface area contributed by atoms with E-state index in [0.717, 1.165) is 20.1 Å². The number of ether oxygens (including phenoxy) is 1. The molecule has 4 heteroatoms. The lowest BCUT2D eigenvalue weighted by atomic mass is 9.96. The summed E-state index contributed by atoms with van der Waals surface area (Å²) >= 11 is 7.06. The highest BCUT2D eigenvalue weighted by molar-refractivity contribution is 9.11. The largest absolute Gasteiger partial charge is 0.372 e. The van der Waals surface area contributed by atoms with Gasteiger partial charge >= 0.3 is 0 Å². The van der Waals surface area contributed by atoms with Gasteiger partial charge in [0, 0.05) is 8.95 Å². The van der Waals surface area contributed by atoms with Crippen molar-refractivity contribution >= 4 is 31.9 Å². The Kier molecular flexibility index (Phi) is 3.76. The zero-order valence-electron chi connectivity index (χ0n) is 10.2. The van der Waals surface area contributed by atoms with Crippen molar-refractivity contribution in [1.29, 1.82) is 0 Å². The zero-order chi connectivity index (χ0) is 13.4. The molecule has 2 aromatic carbocycles. The summed E-state index contributed by atoms with van der Waals surface area (Å²) in [7, 11) is 0. The predicted octanol–water partition coefficient (Wildman–Crippen LogP) is 4.29. The van der Waals surface area contributed by atoms with Crippen molar-refractivity contribution in [1.82, 2.24) is 0 Å². The molecule has 0 spiro atoms. The van der Waals surface area contributed by atoms with Crippen LogP contribution < -0.4 is 5.73 Å². The fourth-order valence-electron chi connectivity index (χ4n) is 2.32. The first-order valence-electron chi connectivity index (χ1n) is 6.05. The average Bonchev–Trinajstić information content (AvgIpc) is 2.88. The first-order chi connectivity index (χ1) is 9.15. The summed E-state index contributed by atoms with van der Waals surface area (Å²) < 4.78 is 7.50. The molecule has 0 aliphatic carbocycles. The molecule has 1 unspecified atom stereocenters. The molecule has 0 amide bonds. The fourth-order valence-corrected chi connectivity index (χ4v) is 3.19. The van der Waals surface area contributed by atoms with Crippen molar-refractivity contribution in [2.24, 2.45) is 5.73 Å². The molecule has 3 rings (SSSR count). The Morgan fingerprint density at radius 1 is 1.00 bits per heavy atom. The molecule has 1 aliphatic rings. The van der Waals surface area contributed by atoms with Crippen molar-refractivity contribution in [3.05, 3.63) is 67.6 Å². The maximum Gasteiger partial charge on any atom is 0.0725 e. The molecule has 0 fully saturated rings. The number of hydrogen-bond donors (Lipinski definition) is 1. The maximum absolute atomic E-state index is 6.39. The molecular weight excluding hydrogens is 370 g/mol. The monoisotopic (exact) mass is 381 g/mol. The number of fused-ring (bicyclic) bond motifs is 1. The molecule has 0 aromatic heterocycles. The Morgan fingerprint density at radius 3 is 2.63 bits per heavy atom. The SMILES string of the molecule is NC(c1ccc2c(c1)COC2)c1cc(Br)ccc1Br. The van der Waals surface area contributed by atoms with Crippen molar-refractivity contribution in [2.75, 3.05) is 0 Å². The first kappa shape index (κ1) is 13.3. The zero-order valence-corrected chi connectivity index (χ0v) is 13.4. The highest BCUT2D eigenvalue weighted by Crippen LogP contribution is 2.31. The summed E-state index contributed by atoms with van der Waals surface area (Å²) in [6, 6.07) is 12.3. The summed E-state index contributed by atoms with van der Waals surface area (Å²) in [6.45, 7) is 1.40. The Morgan fingerprint density at radius 2 is 1.79 bits per heavy atom. The van der Waals surface area contributed by atoms with Crippen LogP contribution in [0.5, 0.6) is 0 Å². The van der Waals surface area contributed by atoms with Crippen molar-refractivity contribution in [3.8, 4) is 0 Å². The van der Waals surface area contributed by atoms with Gasteiger partial charge in [-0.25, -0.2) is 0 Å². The van der Waals surface area contributed by atoms with Crippen LogP contribution in [-0.2, 0) is 18.0 Å². The van der Waals surface area contributed by atoms with E-state index < -0.39 is 0 Å². The lowest BCUT2D eigenvalue weighted by Crippen LogP contribution is -2.13. The van der Waals surface area contributed by atoms with Crippen LogP contribution in [0.25, 0.3) is 0 Å². The number of rotatable bonds is 2. The summed E-state index contributed by atoms with van der Waals surface area (Å²) in [6.07, 6.45) is 0. The maximum atomic E-state index is 6.39. The molecule has 2 aromatic rings. The highest BCUT2D eigenvalue weighted by atomic mass is 79.9. The van der Waals surface area contributed by atoms with E-state index in [1.807, 2.05) is 12.1 Å². The van der Waals surface area contributed by atoms with Gasteiger partial charge in [0.05, 0.1) is 19.3 Å². The topological polar surface area (TPSA) is 35.2 Å². The fraction of sp³-hybridized carbons (Fsp3) is 0.200. The van der Waals surface area contributed by atoms with Gasteiger partial charge in [0.25, 0.3) is 0 Å². The van der Waals surface area contributed by atoms with Gasteiger partial charge in [0.2, 0.25) is 0 Å². The lowest BCUT2D eigenvalue weighted by molar-refractivity contribution is 0.134. The van der Waals surface area contributed by atoms with Gasteiger partial charge in [-0.1, -0.05) is 50.1 Å². The third-order valence-corrected chi connectivity index (χ3v) is 4.61. The molecule has 1 atom stereocenters. The van der Waals surface area contributed by atoms with Gasteiger partial charge < -0.3 is 10.5 Å². The van der Waals surface area contributed by atoms with Gasteiger partial charge in [-0.3, -0.25) is 0 Å². The van der Waals surface area contributed by atoms with E-state index in [1.165, 1.54) is 11.1 Å². The van der Waals surface area contributed by atoms with Gasteiger partial charge in [0.15, 0.2) is 0 Å². The Bertz CT molecular complexity index is 628. The van der Waals surface area contributed by atoms with E-state index in [4.69, 9.17) is 10.5 Å². The normalized spacial score (nSPS) is 15.3. The van der Waals surface area contributed by atoms with E-state index in [2.05, 4.69) is 56.1 Å². The molecule has 0 saturated heterocycles. The first-order valence-corrected chi connectivity index (χ1v) is 7.64. The van der Waals surface area contributed by atoms with E-state index in [-0.39, 0.29) is 6.04 Å². The highest BCUT2D eigenvalue weighted by Gasteiger charge is 2.17. The molecule has 0 radical (unpaired) electrons. The lowest BCUT2D eigenvalue weighted by Gasteiger charge is -2.16. The Balaban J connectivity index is 1.99. The molecule has 19 heavy (non-hydrogen) atoms. The molecule has 1 heterocycles. The number of nitrogens with two attached hydrogens (primary N) is 1. The second-order valence-electron chi connectivity index (χ2n) is 4.66. The van der Waals surface area contributed by atoms with Crippen LogP contribution in [0.2, 0.25) is 0 Å². The Hall–Kier alpha value is -0.680. The van der Waals surface area contributed by atoms with Crippen molar-refractivity contribution < 1.29 is 4.74 Å². The predicted molar refractivity (Wildman–Crippen MR) is 82.8 cm³/mol. The van der Waals surface area contributed by atoms with Crippen molar-refractivity contribution in [2.45, 2.75) is 19.3 Å². The van der Waals surface area contributed by atoms with Crippen LogP contribution in [0.1, 0.15) is 28.3 Å². The second-order valence-corrected chi connectivity index (χ2v) is 6.43. The van der Waals surface area contributed by atoms with Gasteiger partial charge in [-0.15, -0.1) is 0 Å².